The predicted molar refractivity (Wildman–Crippen MR) is 269 cm³/mol. The monoisotopic (exact) mass is 1070 g/mol. The quantitative estimate of drug-likeness (QED) is 0.0234. The second-order valence-corrected chi connectivity index (χ2v) is 17.1. The molecule has 0 radical (unpaired) electrons. The summed E-state index contributed by atoms with van der Waals surface area (Å²) >= 11 is -5.66. The second-order valence-electron chi connectivity index (χ2n) is 15.9. The third-order valence-corrected chi connectivity index (χ3v) is 11.1. The van der Waals surface area contributed by atoms with Crippen LogP contribution in [-0.4, -0.2) is 167 Å². The lowest BCUT2D eigenvalue weighted by molar-refractivity contribution is -0.116. The number of para-hydroxylation sites is 2. The Labute approximate surface area is 426 Å². The maximum atomic E-state index is 12.0. The van der Waals surface area contributed by atoms with Crippen LogP contribution in [0.15, 0.2) is 97.1 Å². The fraction of sp³-hybridized carbons (Fsp3) is 0.289. The summed E-state index contributed by atoms with van der Waals surface area (Å²) in [5.74, 6) is -0.347. The van der Waals surface area contributed by atoms with Crippen LogP contribution < -0.4 is 35.0 Å². The molecule has 74 heavy (non-hydrogen) atoms. The van der Waals surface area contributed by atoms with Gasteiger partial charge in [-0.3, -0.25) is 9.11 Å². The van der Waals surface area contributed by atoms with Gasteiger partial charge in [0.15, 0.2) is 11.5 Å². The Hall–Kier alpha value is -6.94. The van der Waals surface area contributed by atoms with E-state index >= 15 is 0 Å². The van der Waals surface area contributed by atoms with Crippen molar-refractivity contribution in [3.8, 4) is 11.5 Å². The lowest BCUT2D eigenvalue weighted by Gasteiger charge is -2.25. The summed E-state index contributed by atoms with van der Waals surface area (Å²) in [5, 5.41) is 114. The number of hydrogen-bond acceptors (Lipinski definition) is 25. The summed E-state index contributed by atoms with van der Waals surface area (Å²) in [6.45, 7) is -2.15. The molecule has 0 saturated heterocycles. The van der Waals surface area contributed by atoms with Crippen molar-refractivity contribution in [3.05, 3.63) is 114 Å². The highest BCUT2D eigenvalue weighted by atomic mass is 32.2. The van der Waals surface area contributed by atoms with Gasteiger partial charge in [0.2, 0.25) is 29.7 Å². The van der Waals surface area contributed by atoms with Gasteiger partial charge in [0.1, 0.15) is 42.4 Å². The van der Waals surface area contributed by atoms with E-state index in [4.69, 9.17) is 18.6 Å². The molecule has 0 aliphatic carbocycles. The lowest BCUT2D eigenvalue weighted by Crippen LogP contribution is -2.48. The Morgan fingerprint density at radius 1 is 0.473 bits per heavy atom. The largest absolute Gasteiger partial charge is 0.394 e. The van der Waals surface area contributed by atoms with Crippen molar-refractivity contribution in [1.29, 1.82) is 0 Å². The molecule has 27 nitrogen and oxygen atoms in total. The molecular formula is C45H53N11O16S2. The normalized spacial score (nSPS) is 15.6. The SMILES string of the molecule is O=S(O)Oc1cc(Nc2nc(CCC(O)C(O)C(O)C(O)CO)nc(Nc3ccccc3)n2)ccc1/C=C/c1ccc(Nc2nc(NCC(O)C(O)C(O)C(O)CO)nc(Nc3ccccc3)n2)cc1OS(=O)O. The first-order valence-electron chi connectivity index (χ1n) is 22.1. The molecule has 0 aliphatic rings. The van der Waals surface area contributed by atoms with Crippen molar-refractivity contribution in [2.75, 3.05) is 46.3 Å². The summed E-state index contributed by atoms with van der Waals surface area (Å²) in [5.41, 5.74) is 2.14. The fourth-order valence-electron chi connectivity index (χ4n) is 6.64. The van der Waals surface area contributed by atoms with Crippen molar-refractivity contribution in [3.63, 3.8) is 0 Å². The molecule has 4 aromatic carbocycles. The highest BCUT2D eigenvalue weighted by molar-refractivity contribution is 7.74. The van der Waals surface area contributed by atoms with E-state index in [1.165, 1.54) is 42.5 Å². The van der Waals surface area contributed by atoms with E-state index in [1.54, 1.807) is 66.7 Å². The van der Waals surface area contributed by atoms with E-state index in [-0.39, 0.29) is 82.4 Å². The van der Waals surface area contributed by atoms with Crippen LogP contribution in [0.2, 0.25) is 0 Å². The average molecular weight is 1070 g/mol. The summed E-state index contributed by atoms with van der Waals surface area (Å²) in [4.78, 5) is 26.2. The summed E-state index contributed by atoms with van der Waals surface area (Å²) in [7, 11) is 0. The molecule has 0 fully saturated rings. The minimum absolute atomic E-state index is 0.00444. The number of benzene rings is 4. The topological polar surface area (TPSA) is 433 Å². The first-order valence-corrected chi connectivity index (χ1v) is 24.2. The Bertz CT molecular complexity index is 2650. The highest BCUT2D eigenvalue weighted by Gasteiger charge is 2.31. The first kappa shape index (κ1) is 56.4. The number of hydrogen-bond donors (Lipinski definition) is 17. The maximum absolute atomic E-state index is 12.0. The van der Waals surface area contributed by atoms with E-state index in [1.807, 2.05) is 0 Å². The highest BCUT2D eigenvalue weighted by Crippen LogP contribution is 2.32. The number of rotatable bonds is 28. The fourth-order valence-corrected chi connectivity index (χ4v) is 7.23. The van der Waals surface area contributed by atoms with E-state index in [9.17, 15) is 58.4 Å². The van der Waals surface area contributed by atoms with Crippen LogP contribution in [-0.2, 0) is 29.1 Å². The van der Waals surface area contributed by atoms with Crippen LogP contribution in [0.25, 0.3) is 12.2 Å². The zero-order valence-corrected chi connectivity index (χ0v) is 40.2. The van der Waals surface area contributed by atoms with Crippen LogP contribution in [0, 0.1) is 0 Å². The van der Waals surface area contributed by atoms with E-state index in [2.05, 4.69) is 56.5 Å². The van der Waals surface area contributed by atoms with Gasteiger partial charge in [0.25, 0.3) is 0 Å². The maximum Gasteiger partial charge on any atom is 0.357 e. The average Bonchev–Trinajstić information content (AvgIpc) is 3.38. The van der Waals surface area contributed by atoms with Crippen molar-refractivity contribution >= 4 is 87.4 Å². The number of nitrogens with one attached hydrogen (secondary N) is 5. The molecule has 0 saturated carbocycles. The summed E-state index contributed by atoms with van der Waals surface area (Å²) in [6.07, 6.45) is -11.4. The molecule has 29 heteroatoms. The Balaban J connectivity index is 1.24. The van der Waals surface area contributed by atoms with Gasteiger partial charge in [-0.2, -0.15) is 38.3 Å². The van der Waals surface area contributed by atoms with Crippen molar-refractivity contribution in [2.24, 2.45) is 0 Å². The third-order valence-electron chi connectivity index (χ3n) is 10.5. The Kier molecular flexibility index (Phi) is 20.9. The second kappa shape index (κ2) is 27.4. The molecule has 2 heterocycles. The molecule has 10 atom stereocenters. The van der Waals surface area contributed by atoms with Gasteiger partial charge in [0.05, 0.1) is 25.4 Å². The van der Waals surface area contributed by atoms with Gasteiger partial charge in [-0.25, -0.2) is 0 Å². The molecule has 17 N–H and O–H groups in total. The van der Waals surface area contributed by atoms with Crippen molar-refractivity contribution < 1.29 is 77.0 Å². The Morgan fingerprint density at radius 2 is 0.851 bits per heavy atom. The van der Waals surface area contributed by atoms with Crippen LogP contribution in [0.4, 0.5) is 52.5 Å². The molecule has 6 rings (SSSR count). The molecule has 0 amide bonds. The van der Waals surface area contributed by atoms with Crippen LogP contribution >= 0.6 is 0 Å². The minimum Gasteiger partial charge on any atom is -0.394 e. The molecule has 396 valence electrons. The molecule has 2 aromatic heterocycles. The standard InChI is InChI=1S/C45H53N11O16S2/c57-22-32(61)39(65)37(63)30(59)17-18-36-51-42(47-26-7-3-1-4-8-26)55-43(52-36)49-28-15-13-24(34(19-28)71-73(67)68)11-12-25-14-16-29(20-35(25)72-74(69)70)50-45-54-41(46-21-31(60)38(64)40(66)33(62)23-58)53-44(56-45)48-27-9-5-2-6-10-27/h1-16,19-20,30-33,37-40,57-66H,17-18,21-23H2,(H,67,68)(H,69,70)(H2,47,49,51,52,55)(H3,46,48,50,53,54,56)/b12-11+. The minimum atomic E-state index is -2.83. The van der Waals surface area contributed by atoms with Crippen molar-refractivity contribution in [1.82, 2.24) is 29.9 Å². The Morgan fingerprint density at radius 3 is 1.27 bits per heavy atom. The van der Waals surface area contributed by atoms with Crippen LogP contribution in [0.5, 0.6) is 11.5 Å². The smallest absolute Gasteiger partial charge is 0.357 e. The van der Waals surface area contributed by atoms with E-state index in [0.717, 1.165) is 0 Å². The van der Waals surface area contributed by atoms with E-state index < -0.39 is 91.3 Å². The number of anilines is 9. The predicted octanol–water partition coefficient (Wildman–Crippen LogP) is 0.449. The van der Waals surface area contributed by atoms with Gasteiger partial charge >= 0.3 is 22.7 Å². The van der Waals surface area contributed by atoms with E-state index in [0.29, 0.717) is 11.4 Å². The molecule has 0 spiro atoms. The first-order chi connectivity index (χ1) is 35.5. The summed E-state index contributed by atoms with van der Waals surface area (Å²) < 4.78 is 54.0. The number of aliphatic hydroxyl groups excluding tert-OH is 10. The van der Waals surface area contributed by atoms with Crippen LogP contribution in [0.1, 0.15) is 23.4 Å². The number of aliphatic hydroxyl groups is 10. The summed E-state index contributed by atoms with van der Waals surface area (Å²) in [6, 6.07) is 26.4. The zero-order valence-electron chi connectivity index (χ0n) is 38.5. The van der Waals surface area contributed by atoms with Crippen LogP contribution in [0.3, 0.4) is 0 Å². The molecule has 10 unspecified atom stereocenters. The number of aromatic nitrogens is 6. The van der Waals surface area contributed by atoms with Gasteiger partial charge in [-0.05, 0) is 55.0 Å². The van der Waals surface area contributed by atoms with Gasteiger partial charge in [0, 0.05) is 59.0 Å². The molecule has 6 aromatic rings. The number of aryl methyl sites for hydroxylation is 1. The number of nitrogens with zero attached hydrogens (tertiary/aromatic N) is 6. The van der Waals surface area contributed by atoms with Crippen molar-refractivity contribution in [2.45, 2.75) is 61.7 Å². The van der Waals surface area contributed by atoms with Gasteiger partial charge in [-0.15, -0.1) is 0 Å². The molecular weight excluding hydrogens is 1010 g/mol. The molecule has 0 bridgehead atoms. The van der Waals surface area contributed by atoms with Gasteiger partial charge < -0.3 is 86.0 Å². The van der Waals surface area contributed by atoms with Gasteiger partial charge in [-0.1, -0.05) is 48.6 Å². The lowest BCUT2D eigenvalue weighted by atomic mass is 10.00. The zero-order chi connectivity index (χ0) is 53.3. The molecule has 0 aliphatic heterocycles. The third kappa shape index (κ3) is 16.8.